The summed E-state index contributed by atoms with van der Waals surface area (Å²) in [6, 6.07) is 14.2. The number of halogens is 3. The van der Waals surface area contributed by atoms with E-state index < -0.39 is 5.97 Å². The number of ether oxygens (including phenoxy) is 1. The highest BCUT2D eigenvalue weighted by Gasteiger charge is 2.20. The lowest BCUT2D eigenvalue weighted by Crippen LogP contribution is -2.46. The summed E-state index contributed by atoms with van der Waals surface area (Å²) in [5.74, 6) is 0.211. The normalized spacial score (nSPS) is 13.1. The molecule has 1 aliphatic heterocycles. The number of methoxy groups -OCH3 is 1. The van der Waals surface area contributed by atoms with Gasteiger partial charge in [0.2, 0.25) is 5.91 Å². The molecule has 0 bridgehead atoms. The molecule has 1 aliphatic rings. The molecule has 4 rings (SSSR count). The number of piperazine rings is 1. The Morgan fingerprint density at radius 3 is 2.27 bits per heavy atom. The van der Waals surface area contributed by atoms with E-state index in [9.17, 15) is 14.7 Å². The molecule has 1 fully saturated rings. The van der Waals surface area contributed by atoms with Crippen LogP contribution in [0, 0.1) is 0 Å². The number of carboxylic acid groups (broad SMARTS) is 1. The van der Waals surface area contributed by atoms with Crippen LogP contribution >= 0.6 is 37.2 Å². The van der Waals surface area contributed by atoms with Gasteiger partial charge in [-0.2, -0.15) is 0 Å². The minimum Gasteiger partial charge on any atom is -0.497 e. The van der Waals surface area contributed by atoms with Gasteiger partial charge in [-0.25, -0.2) is 9.78 Å². The Bertz CT molecular complexity index is 1190. The highest BCUT2D eigenvalue weighted by molar-refractivity contribution is 6.05. The Hall–Kier alpha value is -2.78. The summed E-state index contributed by atoms with van der Waals surface area (Å²) in [6.07, 6.45) is 1.32. The number of amides is 1. The van der Waals surface area contributed by atoms with E-state index in [1.807, 2.05) is 24.3 Å². The summed E-state index contributed by atoms with van der Waals surface area (Å²) in [5, 5.41) is 13.2. The van der Waals surface area contributed by atoms with E-state index in [0.29, 0.717) is 22.4 Å². The number of carbonyl (C=O) groups is 2. The van der Waals surface area contributed by atoms with E-state index in [2.05, 4.69) is 22.0 Å². The fourth-order valence-corrected chi connectivity index (χ4v) is 4.28. The Labute approximate surface area is 235 Å². The number of benzene rings is 2. The standard InChI is InChI=1S/C26H30N4O4.3ClH/c1-3-10-29-11-13-30(14-12-29)24-17-22(26(32)33)21-16-19(6-9-23(21)28-24)27-25(31)15-18-4-7-20(34-2)8-5-18;;;/h4-9,16-17H,3,10-15H2,1-2H3,(H,27,31)(H,32,33);3*1H. The molecular weight excluding hydrogens is 539 g/mol. The second-order valence-electron chi connectivity index (χ2n) is 8.47. The highest BCUT2D eigenvalue weighted by atomic mass is 35.5. The SMILES string of the molecule is CCCN1CCN(c2cc(C(=O)O)c3cc(NC(=O)Cc4ccc(OC)cc4)ccc3n2)CC1.Cl.Cl.Cl. The van der Waals surface area contributed by atoms with Crippen LogP contribution in [-0.2, 0) is 11.2 Å². The molecule has 0 aliphatic carbocycles. The van der Waals surface area contributed by atoms with Gasteiger partial charge < -0.3 is 20.1 Å². The van der Waals surface area contributed by atoms with Crippen LogP contribution in [0.4, 0.5) is 11.5 Å². The van der Waals surface area contributed by atoms with Gasteiger partial charge in [0.15, 0.2) is 0 Å². The first-order valence-electron chi connectivity index (χ1n) is 11.5. The molecule has 11 heteroatoms. The molecule has 8 nitrogen and oxygen atoms in total. The highest BCUT2D eigenvalue weighted by Crippen LogP contribution is 2.27. The van der Waals surface area contributed by atoms with Crippen LogP contribution in [0.15, 0.2) is 48.5 Å². The van der Waals surface area contributed by atoms with Crippen LogP contribution in [-0.4, -0.2) is 66.7 Å². The fourth-order valence-electron chi connectivity index (χ4n) is 4.28. The maximum Gasteiger partial charge on any atom is 0.336 e. The summed E-state index contributed by atoms with van der Waals surface area (Å²) in [4.78, 5) is 33.9. The number of aromatic nitrogens is 1. The first kappa shape index (κ1) is 32.2. The molecule has 0 spiro atoms. The number of fused-ring (bicyclic) bond motifs is 1. The average Bonchev–Trinajstić information content (AvgIpc) is 2.84. The topological polar surface area (TPSA) is 95.0 Å². The Kier molecular flexibility index (Phi) is 12.9. The molecule has 3 aromatic rings. The Morgan fingerprint density at radius 2 is 1.68 bits per heavy atom. The smallest absolute Gasteiger partial charge is 0.336 e. The number of nitrogens with zero attached hydrogens (tertiary/aromatic N) is 3. The van der Waals surface area contributed by atoms with E-state index >= 15 is 0 Å². The molecule has 0 unspecified atom stereocenters. The average molecular weight is 572 g/mol. The van der Waals surface area contributed by atoms with Gasteiger partial charge in [0, 0.05) is 37.3 Å². The summed E-state index contributed by atoms with van der Waals surface area (Å²) in [6.45, 7) is 6.76. The summed E-state index contributed by atoms with van der Waals surface area (Å²) in [7, 11) is 1.60. The first-order valence-corrected chi connectivity index (χ1v) is 11.5. The minimum absolute atomic E-state index is 0. The number of hydrogen-bond donors (Lipinski definition) is 2. The molecule has 1 saturated heterocycles. The number of nitrogens with one attached hydrogen (secondary N) is 1. The number of rotatable bonds is 8. The third-order valence-corrected chi connectivity index (χ3v) is 6.07. The van der Waals surface area contributed by atoms with E-state index in [1.165, 1.54) is 0 Å². The maximum atomic E-state index is 12.5. The molecule has 1 aromatic heterocycles. The van der Waals surface area contributed by atoms with Crippen molar-refractivity contribution >= 4 is 71.5 Å². The minimum atomic E-state index is -1.01. The quantitative estimate of drug-likeness (QED) is 0.396. The van der Waals surface area contributed by atoms with Crippen molar-refractivity contribution in [3.05, 3.63) is 59.7 Å². The summed E-state index contributed by atoms with van der Waals surface area (Å²) < 4.78 is 5.14. The van der Waals surface area contributed by atoms with Crippen LogP contribution < -0.4 is 15.0 Å². The third-order valence-electron chi connectivity index (χ3n) is 6.07. The fraction of sp³-hybridized carbons (Fsp3) is 0.346. The van der Waals surface area contributed by atoms with E-state index in [1.54, 1.807) is 31.4 Å². The molecule has 202 valence electrons. The van der Waals surface area contributed by atoms with Gasteiger partial charge in [0.1, 0.15) is 11.6 Å². The van der Waals surface area contributed by atoms with Crippen molar-refractivity contribution in [2.75, 3.05) is 50.1 Å². The predicted molar refractivity (Wildman–Crippen MR) is 155 cm³/mol. The maximum absolute atomic E-state index is 12.5. The number of pyridine rings is 1. The second kappa shape index (κ2) is 14.8. The number of carboxylic acids is 1. The zero-order valence-corrected chi connectivity index (χ0v) is 23.3. The lowest BCUT2D eigenvalue weighted by molar-refractivity contribution is -0.115. The van der Waals surface area contributed by atoms with Gasteiger partial charge in [0.25, 0.3) is 0 Å². The lowest BCUT2D eigenvalue weighted by atomic mass is 10.1. The molecule has 0 radical (unpaired) electrons. The summed E-state index contributed by atoms with van der Waals surface area (Å²) >= 11 is 0. The van der Waals surface area contributed by atoms with E-state index in [-0.39, 0.29) is 55.1 Å². The molecule has 2 heterocycles. The lowest BCUT2D eigenvalue weighted by Gasteiger charge is -2.35. The molecular formula is C26H33Cl3N4O4. The summed E-state index contributed by atoms with van der Waals surface area (Å²) in [5.41, 5.74) is 2.17. The largest absolute Gasteiger partial charge is 0.497 e. The molecule has 37 heavy (non-hydrogen) atoms. The van der Waals surface area contributed by atoms with Crippen molar-refractivity contribution in [1.82, 2.24) is 9.88 Å². The van der Waals surface area contributed by atoms with Gasteiger partial charge >= 0.3 is 5.97 Å². The van der Waals surface area contributed by atoms with Crippen molar-refractivity contribution in [1.29, 1.82) is 0 Å². The van der Waals surface area contributed by atoms with E-state index in [4.69, 9.17) is 9.72 Å². The van der Waals surface area contributed by atoms with Crippen LogP contribution in [0.1, 0.15) is 29.3 Å². The zero-order valence-electron chi connectivity index (χ0n) is 20.8. The number of anilines is 2. The van der Waals surface area contributed by atoms with Crippen molar-refractivity contribution in [2.24, 2.45) is 0 Å². The van der Waals surface area contributed by atoms with Gasteiger partial charge in [-0.15, -0.1) is 37.2 Å². The van der Waals surface area contributed by atoms with Gasteiger partial charge in [-0.3, -0.25) is 9.69 Å². The van der Waals surface area contributed by atoms with Gasteiger partial charge in [0.05, 0.1) is 24.6 Å². The van der Waals surface area contributed by atoms with Crippen molar-refractivity contribution in [3.8, 4) is 5.75 Å². The van der Waals surface area contributed by atoms with Crippen molar-refractivity contribution in [2.45, 2.75) is 19.8 Å². The molecule has 1 amide bonds. The van der Waals surface area contributed by atoms with Crippen LogP contribution in [0.25, 0.3) is 10.9 Å². The molecule has 2 aromatic carbocycles. The number of aromatic carboxylic acids is 1. The predicted octanol–water partition coefficient (Wildman–Crippen LogP) is 4.92. The molecule has 0 atom stereocenters. The van der Waals surface area contributed by atoms with E-state index in [0.717, 1.165) is 50.5 Å². The zero-order chi connectivity index (χ0) is 24.1. The van der Waals surface area contributed by atoms with Crippen LogP contribution in [0.2, 0.25) is 0 Å². The molecule has 2 N–H and O–H groups in total. The Balaban J connectivity index is 0.00000228. The second-order valence-corrected chi connectivity index (χ2v) is 8.47. The van der Waals surface area contributed by atoms with Crippen LogP contribution in [0.3, 0.4) is 0 Å². The van der Waals surface area contributed by atoms with Crippen molar-refractivity contribution < 1.29 is 19.4 Å². The Morgan fingerprint density at radius 1 is 1.00 bits per heavy atom. The van der Waals surface area contributed by atoms with Gasteiger partial charge in [-0.05, 0) is 54.9 Å². The number of hydrogen-bond acceptors (Lipinski definition) is 6. The monoisotopic (exact) mass is 570 g/mol. The third kappa shape index (κ3) is 8.10. The number of carbonyl (C=O) groups excluding carboxylic acids is 1. The molecule has 0 saturated carbocycles. The first-order chi connectivity index (χ1) is 16.5. The van der Waals surface area contributed by atoms with Crippen LogP contribution in [0.5, 0.6) is 5.75 Å². The van der Waals surface area contributed by atoms with Crippen molar-refractivity contribution in [3.63, 3.8) is 0 Å². The van der Waals surface area contributed by atoms with Gasteiger partial charge in [-0.1, -0.05) is 19.1 Å².